The zero-order valence-corrected chi connectivity index (χ0v) is 19.7. The molecule has 2 unspecified atom stereocenters. The highest BCUT2D eigenvalue weighted by molar-refractivity contribution is 8.39. The van der Waals surface area contributed by atoms with Crippen LogP contribution in [0, 0.1) is 13.8 Å². The number of thioether (sulfide) groups is 2. The number of anilines is 2. The van der Waals surface area contributed by atoms with Gasteiger partial charge < -0.3 is 5.32 Å². The van der Waals surface area contributed by atoms with E-state index >= 15 is 0 Å². The Kier molecular flexibility index (Phi) is 6.57. The lowest BCUT2D eigenvalue weighted by molar-refractivity contribution is -0.122. The van der Waals surface area contributed by atoms with Gasteiger partial charge in [0.05, 0.1) is 5.69 Å². The molecule has 1 fully saturated rings. The first-order chi connectivity index (χ1) is 15.4. The second-order valence-corrected chi connectivity index (χ2v) is 10.3. The van der Waals surface area contributed by atoms with E-state index in [0.717, 1.165) is 21.3 Å². The molecule has 9 heteroatoms. The van der Waals surface area contributed by atoms with Gasteiger partial charge in [-0.15, -0.1) is 11.8 Å². The van der Waals surface area contributed by atoms with Crippen LogP contribution in [-0.4, -0.2) is 50.8 Å². The third-order valence-electron chi connectivity index (χ3n) is 5.13. The number of benzene rings is 2. The third-order valence-corrected chi connectivity index (χ3v) is 7.42. The van der Waals surface area contributed by atoms with E-state index in [1.54, 1.807) is 18.2 Å². The Morgan fingerprint density at radius 3 is 2.56 bits per heavy atom. The molecule has 2 heterocycles. The maximum absolute atomic E-state index is 13.4. The van der Waals surface area contributed by atoms with E-state index in [1.807, 2.05) is 51.1 Å². The number of rotatable bonds is 5. The van der Waals surface area contributed by atoms with Crippen LogP contribution in [0.4, 0.5) is 16.2 Å². The zero-order chi connectivity index (χ0) is 22.8. The predicted molar refractivity (Wildman–Crippen MR) is 131 cm³/mol. The smallest absolute Gasteiger partial charge is 0.325 e. The highest BCUT2D eigenvalue weighted by Gasteiger charge is 2.51. The molecule has 0 saturated carbocycles. The predicted octanol–water partition coefficient (Wildman–Crippen LogP) is 4.26. The Morgan fingerprint density at radius 1 is 1.12 bits per heavy atom. The highest BCUT2D eigenvalue weighted by Crippen LogP contribution is 2.39. The molecule has 166 valence electrons. The number of aliphatic imine (C=N–C) groups is 1. The van der Waals surface area contributed by atoms with Gasteiger partial charge in [-0.3, -0.25) is 14.5 Å². The van der Waals surface area contributed by atoms with Crippen molar-refractivity contribution in [2.45, 2.75) is 32.2 Å². The van der Waals surface area contributed by atoms with Crippen LogP contribution in [0.15, 0.2) is 53.5 Å². The molecule has 2 atom stereocenters. The Labute approximate surface area is 195 Å². The van der Waals surface area contributed by atoms with Crippen molar-refractivity contribution in [3.63, 3.8) is 0 Å². The van der Waals surface area contributed by atoms with Gasteiger partial charge in [0, 0.05) is 5.69 Å². The molecule has 4 amide bonds. The van der Waals surface area contributed by atoms with E-state index in [0.29, 0.717) is 11.4 Å². The lowest BCUT2D eigenvalue weighted by atomic mass is 10.1. The van der Waals surface area contributed by atoms with Crippen LogP contribution in [0.25, 0.3) is 0 Å². The third kappa shape index (κ3) is 4.54. The van der Waals surface area contributed by atoms with Crippen LogP contribution in [0.5, 0.6) is 0 Å². The average molecular weight is 469 g/mol. The lowest BCUT2D eigenvalue weighted by Crippen LogP contribution is -2.63. The quantitative estimate of drug-likeness (QED) is 0.709. The maximum atomic E-state index is 13.4. The topological polar surface area (TPSA) is 82.1 Å². The number of hydrogen-bond acceptors (Lipinski definition) is 6. The first kappa shape index (κ1) is 22.4. The Bertz CT molecular complexity index is 1090. The van der Waals surface area contributed by atoms with Gasteiger partial charge >= 0.3 is 6.03 Å². The minimum Gasteiger partial charge on any atom is -0.325 e. The molecule has 2 aromatic carbocycles. The maximum Gasteiger partial charge on any atom is 0.333 e. The monoisotopic (exact) mass is 468 g/mol. The van der Waals surface area contributed by atoms with Crippen LogP contribution < -0.4 is 10.2 Å². The van der Waals surface area contributed by atoms with Crippen LogP contribution in [0.1, 0.15) is 18.1 Å². The fraction of sp³-hybridized carbons (Fsp3) is 0.304. The summed E-state index contributed by atoms with van der Waals surface area (Å²) in [6.07, 6.45) is -0.695. The molecule has 2 aliphatic rings. The molecule has 2 aliphatic heterocycles. The molecule has 1 N–H and O–H groups in total. The normalized spacial score (nSPS) is 20.3. The van der Waals surface area contributed by atoms with Gasteiger partial charge in [0.1, 0.15) is 22.3 Å². The van der Waals surface area contributed by atoms with E-state index in [1.165, 1.54) is 33.3 Å². The Morgan fingerprint density at radius 2 is 1.88 bits per heavy atom. The minimum atomic E-state index is -0.695. The number of aryl methyl sites for hydroxylation is 2. The first-order valence-electron chi connectivity index (χ1n) is 10.3. The van der Waals surface area contributed by atoms with E-state index < -0.39 is 17.4 Å². The number of fused-ring (bicyclic) bond motifs is 1. The number of hydrogen-bond donors (Lipinski definition) is 1. The fourth-order valence-electron chi connectivity index (χ4n) is 3.62. The Hall–Kier alpha value is -2.78. The number of urea groups is 1. The fourth-order valence-corrected chi connectivity index (χ4v) is 5.90. The van der Waals surface area contributed by atoms with E-state index in [4.69, 9.17) is 0 Å². The number of nitrogens with zero attached hydrogens (tertiary/aromatic N) is 3. The van der Waals surface area contributed by atoms with Crippen molar-refractivity contribution in [1.29, 1.82) is 0 Å². The molecule has 0 radical (unpaired) electrons. The number of carbonyl (C=O) groups is 3. The van der Waals surface area contributed by atoms with Gasteiger partial charge in [0.2, 0.25) is 5.91 Å². The second-order valence-electron chi connectivity index (χ2n) is 7.62. The van der Waals surface area contributed by atoms with Crippen molar-refractivity contribution in [2.75, 3.05) is 22.5 Å². The van der Waals surface area contributed by atoms with Gasteiger partial charge in [0.15, 0.2) is 0 Å². The molecule has 0 aromatic heterocycles. The number of nitrogens with one attached hydrogen (secondary N) is 1. The molecule has 7 nitrogen and oxygen atoms in total. The van der Waals surface area contributed by atoms with Gasteiger partial charge in [0.25, 0.3) is 5.91 Å². The Balaban J connectivity index is 1.62. The van der Waals surface area contributed by atoms with Crippen molar-refractivity contribution < 1.29 is 14.4 Å². The van der Waals surface area contributed by atoms with Gasteiger partial charge in [-0.1, -0.05) is 48.5 Å². The van der Waals surface area contributed by atoms with Crippen LogP contribution in [0.2, 0.25) is 0 Å². The average Bonchev–Trinajstić information content (AvgIpc) is 3.17. The molecular weight excluding hydrogens is 444 g/mol. The number of carbonyl (C=O) groups excluding carboxylic acids is 3. The van der Waals surface area contributed by atoms with Crippen molar-refractivity contribution in [2.24, 2.45) is 4.99 Å². The molecule has 2 aromatic rings. The van der Waals surface area contributed by atoms with E-state index in [2.05, 4.69) is 10.3 Å². The summed E-state index contributed by atoms with van der Waals surface area (Å²) >= 11 is 2.90. The zero-order valence-electron chi connectivity index (χ0n) is 18.1. The van der Waals surface area contributed by atoms with Gasteiger partial charge in [-0.05, 0) is 49.4 Å². The van der Waals surface area contributed by atoms with Crippen molar-refractivity contribution in [3.05, 3.63) is 59.7 Å². The molecule has 0 bridgehead atoms. The van der Waals surface area contributed by atoms with E-state index in [9.17, 15) is 14.4 Å². The van der Waals surface area contributed by atoms with Crippen LogP contribution in [-0.2, 0) is 9.59 Å². The van der Waals surface area contributed by atoms with Crippen LogP contribution >= 0.6 is 23.5 Å². The summed E-state index contributed by atoms with van der Waals surface area (Å²) in [7, 11) is 0. The SMILES string of the molecule is CCSC1=NC2C(S1)C(=O)N(c1ccc(C)cc1)C(=O)N2CC(=O)Nc1cccc(C)c1. The number of imide groups is 1. The molecular formula is C23H24N4O3S2. The summed E-state index contributed by atoms with van der Waals surface area (Å²) in [5.41, 5.74) is 3.20. The molecule has 0 aliphatic carbocycles. The van der Waals surface area contributed by atoms with E-state index in [-0.39, 0.29) is 18.4 Å². The molecule has 32 heavy (non-hydrogen) atoms. The van der Waals surface area contributed by atoms with Crippen molar-refractivity contribution in [1.82, 2.24) is 4.90 Å². The standard InChI is InChI=1S/C23H24N4O3S2/c1-4-31-22-25-20-19(32-22)21(29)27(17-10-8-14(2)9-11-17)23(30)26(20)13-18(28)24-16-7-5-6-15(3)12-16/h5-12,19-20H,4,13H2,1-3H3,(H,24,28). The summed E-state index contributed by atoms with van der Waals surface area (Å²) in [5, 5.41) is 2.27. The first-order valence-corrected chi connectivity index (χ1v) is 12.2. The largest absolute Gasteiger partial charge is 0.333 e. The van der Waals surface area contributed by atoms with Crippen molar-refractivity contribution in [3.8, 4) is 0 Å². The molecule has 0 spiro atoms. The van der Waals surface area contributed by atoms with Gasteiger partial charge in [-0.25, -0.2) is 14.7 Å². The highest BCUT2D eigenvalue weighted by atomic mass is 32.2. The summed E-state index contributed by atoms with van der Waals surface area (Å²) in [6, 6.07) is 14.1. The van der Waals surface area contributed by atoms with Crippen LogP contribution in [0.3, 0.4) is 0 Å². The minimum absolute atomic E-state index is 0.197. The van der Waals surface area contributed by atoms with Crippen molar-refractivity contribution >= 4 is 57.1 Å². The molecule has 1 saturated heterocycles. The molecule has 4 rings (SSSR count). The summed E-state index contributed by atoms with van der Waals surface area (Å²) in [5.74, 6) is 0.167. The summed E-state index contributed by atoms with van der Waals surface area (Å²) < 4.78 is 0.762. The summed E-state index contributed by atoms with van der Waals surface area (Å²) in [6.45, 7) is 5.69. The van der Waals surface area contributed by atoms with Gasteiger partial charge in [-0.2, -0.15) is 0 Å². The lowest BCUT2D eigenvalue weighted by Gasteiger charge is -2.39. The second kappa shape index (κ2) is 9.38. The number of amides is 4. The summed E-state index contributed by atoms with van der Waals surface area (Å²) in [4.78, 5) is 46.7.